The fourth-order valence-electron chi connectivity index (χ4n) is 0.756. The van der Waals surface area contributed by atoms with E-state index >= 15 is 0 Å². The lowest BCUT2D eigenvalue weighted by Gasteiger charge is -2.01. The summed E-state index contributed by atoms with van der Waals surface area (Å²) in [5, 5.41) is 17.3. The van der Waals surface area contributed by atoms with Crippen molar-refractivity contribution in [1.29, 1.82) is 5.26 Å². The first kappa shape index (κ1) is 7.58. The van der Waals surface area contributed by atoms with Gasteiger partial charge in [-0.15, -0.1) is 0 Å². The molecule has 0 heterocycles. The summed E-state index contributed by atoms with van der Waals surface area (Å²) in [5.74, 6) is 0.180. The first-order valence-electron chi connectivity index (χ1n) is 3.18. The molecule has 0 saturated carbocycles. The van der Waals surface area contributed by atoms with Gasteiger partial charge in [-0.3, -0.25) is 0 Å². The van der Waals surface area contributed by atoms with Crippen molar-refractivity contribution in [2.75, 3.05) is 0 Å². The van der Waals surface area contributed by atoms with Crippen LogP contribution >= 0.6 is 0 Å². The Kier molecular flexibility index (Phi) is 2.09. The quantitative estimate of drug-likeness (QED) is 0.622. The first-order valence-corrected chi connectivity index (χ1v) is 3.18. The number of hydrogen-bond donors (Lipinski definition) is 2. The molecule has 0 radical (unpaired) electrons. The predicted molar refractivity (Wildman–Crippen MR) is 40.6 cm³/mol. The first-order chi connectivity index (χ1) is 5.24. The zero-order chi connectivity index (χ0) is 8.27. The van der Waals surface area contributed by atoms with Gasteiger partial charge in [0.05, 0.1) is 6.07 Å². The Morgan fingerprint density at radius 3 is 2.36 bits per heavy atom. The summed E-state index contributed by atoms with van der Waals surface area (Å²) in [5.41, 5.74) is 6.11. The normalized spacial score (nSPS) is 12.0. The third kappa shape index (κ3) is 1.69. The molecule has 3 nitrogen and oxygen atoms in total. The molecule has 1 atom stereocenters. The van der Waals surface area contributed by atoms with Gasteiger partial charge in [0.25, 0.3) is 0 Å². The second kappa shape index (κ2) is 3.04. The average Bonchev–Trinajstić information content (AvgIpc) is 2.05. The smallest absolute Gasteiger partial charge is 0.118 e. The molecule has 0 fully saturated rings. The Morgan fingerprint density at radius 2 is 1.91 bits per heavy atom. The van der Waals surface area contributed by atoms with Crippen molar-refractivity contribution < 1.29 is 5.11 Å². The van der Waals surface area contributed by atoms with Gasteiger partial charge < -0.3 is 10.8 Å². The number of aromatic hydroxyl groups is 1. The van der Waals surface area contributed by atoms with Gasteiger partial charge in [0.1, 0.15) is 11.8 Å². The van der Waals surface area contributed by atoms with Crippen LogP contribution in [0.5, 0.6) is 5.75 Å². The van der Waals surface area contributed by atoms with Gasteiger partial charge in [-0.2, -0.15) is 5.26 Å². The summed E-state index contributed by atoms with van der Waals surface area (Å²) in [4.78, 5) is 0. The highest BCUT2D eigenvalue weighted by Crippen LogP contribution is 2.13. The number of nitrogens with two attached hydrogens (primary N) is 1. The van der Waals surface area contributed by atoms with Crippen LogP contribution in [0.15, 0.2) is 24.3 Å². The van der Waals surface area contributed by atoms with Crippen molar-refractivity contribution in [3.8, 4) is 11.8 Å². The van der Waals surface area contributed by atoms with E-state index in [1.54, 1.807) is 12.1 Å². The van der Waals surface area contributed by atoms with E-state index in [4.69, 9.17) is 16.1 Å². The fraction of sp³-hybridized carbons (Fsp3) is 0.125. The summed E-state index contributed by atoms with van der Waals surface area (Å²) < 4.78 is 0. The minimum Gasteiger partial charge on any atom is -0.508 e. The van der Waals surface area contributed by atoms with E-state index in [-0.39, 0.29) is 5.75 Å². The van der Waals surface area contributed by atoms with E-state index in [2.05, 4.69) is 0 Å². The van der Waals surface area contributed by atoms with E-state index in [0.29, 0.717) is 5.56 Å². The van der Waals surface area contributed by atoms with Gasteiger partial charge in [-0.05, 0) is 17.7 Å². The third-order valence-electron chi connectivity index (χ3n) is 1.39. The van der Waals surface area contributed by atoms with Gasteiger partial charge >= 0.3 is 0 Å². The summed E-state index contributed by atoms with van der Waals surface area (Å²) in [6, 6.07) is 7.56. The molecule has 0 aliphatic heterocycles. The molecule has 11 heavy (non-hydrogen) atoms. The largest absolute Gasteiger partial charge is 0.508 e. The van der Waals surface area contributed by atoms with E-state index in [1.165, 1.54) is 12.1 Å². The maximum Gasteiger partial charge on any atom is 0.118 e. The summed E-state index contributed by atoms with van der Waals surface area (Å²) in [6.45, 7) is 0. The number of phenolic OH excluding ortho intramolecular Hbond substituents is 1. The minimum atomic E-state index is -0.601. The van der Waals surface area contributed by atoms with Crippen LogP contribution in [0.4, 0.5) is 0 Å². The average molecular weight is 148 g/mol. The summed E-state index contributed by atoms with van der Waals surface area (Å²) >= 11 is 0. The number of nitriles is 1. The van der Waals surface area contributed by atoms with Crippen molar-refractivity contribution in [1.82, 2.24) is 0 Å². The molecule has 0 amide bonds. The highest BCUT2D eigenvalue weighted by atomic mass is 16.3. The van der Waals surface area contributed by atoms with Crippen LogP contribution in [0.2, 0.25) is 0 Å². The van der Waals surface area contributed by atoms with Crippen molar-refractivity contribution >= 4 is 0 Å². The number of rotatable bonds is 1. The molecule has 3 N–H and O–H groups in total. The van der Waals surface area contributed by atoms with E-state index in [9.17, 15) is 0 Å². The Hall–Kier alpha value is -1.53. The maximum atomic E-state index is 8.89. The van der Waals surface area contributed by atoms with Crippen molar-refractivity contribution in [3.63, 3.8) is 0 Å². The van der Waals surface area contributed by atoms with Gasteiger partial charge in [0.2, 0.25) is 0 Å². The third-order valence-corrected chi connectivity index (χ3v) is 1.39. The number of nitrogens with zero attached hydrogens (tertiary/aromatic N) is 1. The lowest BCUT2D eigenvalue weighted by atomic mass is 10.1. The Morgan fingerprint density at radius 1 is 1.36 bits per heavy atom. The van der Waals surface area contributed by atoms with Gasteiger partial charge in [0, 0.05) is 0 Å². The molecule has 0 bridgehead atoms. The molecular formula is C8H8N2O. The second-order valence-electron chi connectivity index (χ2n) is 2.20. The maximum absolute atomic E-state index is 8.89. The number of benzene rings is 1. The van der Waals surface area contributed by atoms with Crippen LogP contribution in [0.1, 0.15) is 11.6 Å². The lowest BCUT2D eigenvalue weighted by molar-refractivity contribution is 0.475. The Bertz CT molecular complexity index is 273. The Labute approximate surface area is 64.7 Å². The van der Waals surface area contributed by atoms with Crippen LogP contribution in [0, 0.1) is 11.3 Å². The lowest BCUT2D eigenvalue weighted by Crippen LogP contribution is -2.06. The van der Waals surface area contributed by atoms with Crippen molar-refractivity contribution in [2.24, 2.45) is 5.73 Å². The molecule has 1 aromatic carbocycles. The summed E-state index contributed by atoms with van der Waals surface area (Å²) in [6.07, 6.45) is 0. The van der Waals surface area contributed by atoms with Crippen molar-refractivity contribution in [3.05, 3.63) is 29.8 Å². The van der Waals surface area contributed by atoms with E-state index in [0.717, 1.165) is 0 Å². The van der Waals surface area contributed by atoms with Crippen molar-refractivity contribution in [2.45, 2.75) is 6.04 Å². The molecule has 0 aromatic heterocycles. The zero-order valence-corrected chi connectivity index (χ0v) is 5.86. The van der Waals surface area contributed by atoms with Crippen LogP contribution in [0.25, 0.3) is 0 Å². The van der Waals surface area contributed by atoms with Crippen LogP contribution in [0.3, 0.4) is 0 Å². The molecular weight excluding hydrogens is 140 g/mol. The predicted octanol–water partition coefficient (Wildman–Crippen LogP) is 0.916. The second-order valence-corrected chi connectivity index (χ2v) is 2.20. The molecule has 1 aromatic rings. The minimum absolute atomic E-state index is 0.180. The number of hydrogen-bond acceptors (Lipinski definition) is 3. The van der Waals surface area contributed by atoms with Crippen LogP contribution in [-0.4, -0.2) is 5.11 Å². The molecule has 0 spiro atoms. The highest BCUT2D eigenvalue weighted by Gasteiger charge is 2.01. The van der Waals surface area contributed by atoms with Crippen LogP contribution in [-0.2, 0) is 0 Å². The molecule has 1 rings (SSSR count). The molecule has 1 unspecified atom stereocenters. The molecule has 3 heteroatoms. The van der Waals surface area contributed by atoms with E-state index < -0.39 is 6.04 Å². The van der Waals surface area contributed by atoms with Gasteiger partial charge in [-0.25, -0.2) is 0 Å². The molecule has 0 saturated heterocycles. The topological polar surface area (TPSA) is 70.0 Å². The molecule has 0 aliphatic rings. The van der Waals surface area contributed by atoms with E-state index in [1.807, 2.05) is 6.07 Å². The number of phenols is 1. The summed E-state index contributed by atoms with van der Waals surface area (Å²) in [7, 11) is 0. The highest BCUT2D eigenvalue weighted by molar-refractivity contribution is 5.30. The van der Waals surface area contributed by atoms with Gasteiger partial charge in [-0.1, -0.05) is 12.1 Å². The standard InChI is InChI=1S/C8H8N2O/c9-5-8(10)6-1-3-7(11)4-2-6/h1-4,8,11H,10H2. The molecule has 0 aliphatic carbocycles. The van der Waals surface area contributed by atoms with Crippen LogP contribution < -0.4 is 5.73 Å². The molecule has 56 valence electrons. The SMILES string of the molecule is N#CC(N)c1ccc(O)cc1. The fourth-order valence-corrected chi connectivity index (χ4v) is 0.756. The Balaban J connectivity index is 2.92. The zero-order valence-electron chi connectivity index (χ0n) is 5.86. The van der Waals surface area contributed by atoms with Gasteiger partial charge in [0.15, 0.2) is 0 Å². The monoisotopic (exact) mass is 148 g/mol.